The number of aryl methyl sites for hydroxylation is 1. The molecule has 9 heteroatoms. The Labute approximate surface area is 178 Å². The van der Waals surface area contributed by atoms with Gasteiger partial charge in [-0.2, -0.15) is 0 Å². The highest BCUT2D eigenvalue weighted by Gasteiger charge is 2.17. The van der Waals surface area contributed by atoms with Crippen LogP contribution in [-0.4, -0.2) is 25.4 Å². The average molecular weight is 445 g/mol. The number of rotatable bonds is 6. The lowest BCUT2D eigenvalue weighted by molar-refractivity contribution is 0.0696. The van der Waals surface area contributed by atoms with Crippen molar-refractivity contribution in [3.05, 3.63) is 88.4 Å². The van der Waals surface area contributed by atoms with Crippen LogP contribution in [0.1, 0.15) is 26.3 Å². The first kappa shape index (κ1) is 21.4. The summed E-state index contributed by atoms with van der Waals surface area (Å²) in [5.41, 5.74) is 1.61. The predicted molar refractivity (Wildman–Crippen MR) is 115 cm³/mol. The number of hydrogen-bond acceptors (Lipinski definition) is 4. The number of carboxylic acid groups (broad SMARTS) is 1. The van der Waals surface area contributed by atoms with Gasteiger partial charge in [0.15, 0.2) is 0 Å². The summed E-state index contributed by atoms with van der Waals surface area (Å²) in [7, 11) is -3.84. The van der Waals surface area contributed by atoms with Gasteiger partial charge in [0, 0.05) is 11.4 Å². The highest BCUT2D eigenvalue weighted by Crippen LogP contribution is 2.24. The monoisotopic (exact) mass is 444 g/mol. The van der Waals surface area contributed by atoms with Crippen molar-refractivity contribution >= 4 is 44.9 Å². The Morgan fingerprint density at radius 2 is 1.50 bits per heavy atom. The summed E-state index contributed by atoms with van der Waals surface area (Å²) >= 11 is 6.11. The van der Waals surface area contributed by atoms with Crippen LogP contribution in [0.5, 0.6) is 0 Å². The van der Waals surface area contributed by atoms with E-state index < -0.39 is 21.9 Å². The molecule has 30 heavy (non-hydrogen) atoms. The fourth-order valence-corrected chi connectivity index (χ4v) is 3.84. The molecule has 0 spiro atoms. The van der Waals surface area contributed by atoms with Gasteiger partial charge < -0.3 is 10.4 Å². The number of aromatic carboxylic acids is 1. The number of carbonyl (C=O) groups is 2. The smallest absolute Gasteiger partial charge is 0.335 e. The summed E-state index contributed by atoms with van der Waals surface area (Å²) in [6, 6.07) is 16.1. The molecule has 0 heterocycles. The van der Waals surface area contributed by atoms with Crippen LogP contribution >= 0.6 is 11.6 Å². The maximum absolute atomic E-state index is 12.6. The van der Waals surface area contributed by atoms with Crippen LogP contribution in [0, 0.1) is 6.92 Å². The molecule has 3 aromatic carbocycles. The Hall–Kier alpha value is -3.36. The third kappa shape index (κ3) is 4.97. The Balaban J connectivity index is 1.81. The van der Waals surface area contributed by atoms with Crippen molar-refractivity contribution in [2.45, 2.75) is 11.8 Å². The molecule has 0 fully saturated rings. The largest absolute Gasteiger partial charge is 0.478 e. The molecule has 0 aliphatic carbocycles. The van der Waals surface area contributed by atoms with Crippen molar-refractivity contribution in [1.29, 1.82) is 0 Å². The Morgan fingerprint density at radius 3 is 2.10 bits per heavy atom. The Morgan fingerprint density at radius 1 is 0.900 bits per heavy atom. The number of carbonyl (C=O) groups excluding carboxylic acids is 1. The summed E-state index contributed by atoms with van der Waals surface area (Å²) in [6.07, 6.45) is 0. The van der Waals surface area contributed by atoms with E-state index in [0.717, 1.165) is 5.56 Å². The van der Waals surface area contributed by atoms with Gasteiger partial charge in [0.2, 0.25) is 0 Å². The molecule has 0 radical (unpaired) electrons. The van der Waals surface area contributed by atoms with Gasteiger partial charge in [-0.1, -0.05) is 29.3 Å². The predicted octanol–water partition coefficient (Wildman–Crippen LogP) is 4.40. The average Bonchev–Trinajstić information content (AvgIpc) is 2.70. The summed E-state index contributed by atoms with van der Waals surface area (Å²) in [5.74, 6) is -1.65. The third-order valence-electron chi connectivity index (χ3n) is 4.18. The molecule has 0 bridgehead atoms. The van der Waals surface area contributed by atoms with Crippen molar-refractivity contribution in [3.8, 4) is 0 Å². The summed E-state index contributed by atoms with van der Waals surface area (Å²) < 4.78 is 27.6. The van der Waals surface area contributed by atoms with Crippen molar-refractivity contribution in [3.63, 3.8) is 0 Å². The van der Waals surface area contributed by atoms with Crippen LogP contribution in [0.15, 0.2) is 71.6 Å². The standard InChI is InChI=1S/C21H17ClN2O5S/c1-13-2-9-17(10-3-13)30(28,29)24-16-8-11-19(22)18(12-16)20(25)23-15-6-4-14(5-7-15)21(26)27/h2-12,24H,1H3,(H,23,25)(H,26,27). The van der Waals surface area contributed by atoms with Gasteiger partial charge in [-0.25, -0.2) is 13.2 Å². The van der Waals surface area contributed by atoms with Gasteiger partial charge in [-0.05, 0) is 61.5 Å². The number of benzene rings is 3. The Bertz CT molecular complexity index is 1210. The molecule has 3 N–H and O–H groups in total. The van der Waals surface area contributed by atoms with Crippen molar-refractivity contribution in [2.75, 3.05) is 10.0 Å². The molecule has 154 valence electrons. The molecular formula is C21H17ClN2O5S. The number of sulfonamides is 1. The third-order valence-corrected chi connectivity index (χ3v) is 5.91. The fourth-order valence-electron chi connectivity index (χ4n) is 2.59. The van der Waals surface area contributed by atoms with E-state index in [9.17, 15) is 18.0 Å². The van der Waals surface area contributed by atoms with Gasteiger partial charge in [0.1, 0.15) is 0 Å². The minimum Gasteiger partial charge on any atom is -0.478 e. The maximum Gasteiger partial charge on any atom is 0.335 e. The molecular weight excluding hydrogens is 428 g/mol. The second-order valence-corrected chi connectivity index (χ2v) is 8.54. The number of carboxylic acids is 1. The molecule has 3 rings (SSSR count). The van der Waals surface area contributed by atoms with Gasteiger partial charge >= 0.3 is 5.97 Å². The van der Waals surface area contributed by atoms with Crippen LogP contribution in [0.2, 0.25) is 5.02 Å². The SMILES string of the molecule is Cc1ccc(S(=O)(=O)Nc2ccc(Cl)c(C(=O)Nc3ccc(C(=O)O)cc3)c2)cc1. The normalized spacial score (nSPS) is 11.0. The lowest BCUT2D eigenvalue weighted by Crippen LogP contribution is -2.15. The molecule has 0 aliphatic heterocycles. The maximum atomic E-state index is 12.6. The first-order chi connectivity index (χ1) is 14.2. The molecule has 0 atom stereocenters. The van der Waals surface area contributed by atoms with Crippen molar-refractivity contribution in [2.24, 2.45) is 0 Å². The van der Waals surface area contributed by atoms with E-state index in [4.69, 9.17) is 16.7 Å². The second kappa shape index (κ2) is 8.56. The molecule has 0 aromatic heterocycles. The zero-order valence-corrected chi connectivity index (χ0v) is 17.3. The minimum absolute atomic E-state index is 0.0584. The van der Waals surface area contributed by atoms with Crippen molar-refractivity contribution < 1.29 is 23.1 Å². The van der Waals surface area contributed by atoms with E-state index in [1.54, 1.807) is 12.1 Å². The number of amides is 1. The van der Waals surface area contributed by atoms with Crippen molar-refractivity contribution in [1.82, 2.24) is 0 Å². The summed E-state index contributed by atoms with van der Waals surface area (Å²) in [4.78, 5) is 23.6. The van der Waals surface area contributed by atoms with Crippen LogP contribution in [-0.2, 0) is 10.0 Å². The number of nitrogens with one attached hydrogen (secondary N) is 2. The lowest BCUT2D eigenvalue weighted by atomic mass is 10.1. The van der Waals surface area contributed by atoms with E-state index in [1.807, 2.05) is 6.92 Å². The van der Waals surface area contributed by atoms with E-state index in [0.29, 0.717) is 5.69 Å². The second-order valence-electron chi connectivity index (χ2n) is 6.45. The number of halogens is 1. The first-order valence-electron chi connectivity index (χ1n) is 8.69. The molecule has 1 amide bonds. The summed E-state index contributed by atoms with van der Waals surface area (Å²) in [6.45, 7) is 1.85. The van der Waals surface area contributed by atoms with Crippen LogP contribution in [0.25, 0.3) is 0 Å². The molecule has 7 nitrogen and oxygen atoms in total. The highest BCUT2D eigenvalue weighted by atomic mass is 35.5. The van der Waals surface area contributed by atoms with Crippen LogP contribution < -0.4 is 10.0 Å². The van der Waals surface area contributed by atoms with E-state index >= 15 is 0 Å². The summed E-state index contributed by atoms with van der Waals surface area (Å²) in [5, 5.41) is 11.7. The quantitative estimate of drug-likeness (QED) is 0.521. The fraction of sp³-hybridized carbons (Fsp3) is 0.0476. The van der Waals surface area contributed by atoms with Crippen LogP contribution in [0.3, 0.4) is 0 Å². The van der Waals surface area contributed by atoms with Gasteiger partial charge in [0.25, 0.3) is 15.9 Å². The van der Waals surface area contributed by atoms with E-state index in [1.165, 1.54) is 54.6 Å². The molecule has 3 aromatic rings. The number of hydrogen-bond donors (Lipinski definition) is 3. The van der Waals surface area contributed by atoms with Gasteiger partial charge in [-0.3, -0.25) is 9.52 Å². The zero-order chi connectivity index (χ0) is 21.9. The lowest BCUT2D eigenvalue weighted by Gasteiger charge is -2.12. The van der Waals surface area contributed by atoms with Gasteiger partial charge in [-0.15, -0.1) is 0 Å². The highest BCUT2D eigenvalue weighted by molar-refractivity contribution is 7.92. The van der Waals surface area contributed by atoms with E-state index in [-0.39, 0.29) is 26.7 Å². The molecule has 0 aliphatic rings. The molecule has 0 unspecified atom stereocenters. The minimum atomic E-state index is -3.84. The molecule has 0 saturated carbocycles. The first-order valence-corrected chi connectivity index (χ1v) is 10.6. The molecule has 0 saturated heterocycles. The zero-order valence-electron chi connectivity index (χ0n) is 15.7. The topological polar surface area (TPSA) is 113 Å². The van der Waals surface area contributed by atoms with Gasteiger partial charge in [0.05, 0.1) is 21.0 Å². The van der Waals surface area contributed by atoms with E-state index in [2.05, 4.69) is 10.0 Å². The Kier molecular flexibility index (Phi) is 6.09. The number of anilines is 2. The van der Waals surface area contributed by atoms with Crippen LogP contribution in [0.4, 0.5) is 11.4 Å².